The third-order valence-corrected chi connectivity index (χ3v) is 3.33. The van der Waals surface area contributed by atoms with E-state index < -0.39 is 0 Å². The first-order valence-corrected chi connectivity index (χ1v) is 7.89. The molecule has 3 N–H and O–H groups in total. The lowest BCUT2D eigenvalue weighted by Crippen LogP contribution is -2.22. The van der Waals surface area contributed by atoms with Crippen LogP contribution in [0.1, 0.15) is 30.9 Å². The lowest BCUT2D eigenvalue weighted by molar-refractivity contribution is 0.294. The van der Waals surface area contributed by atoms with Gasteiger partial charge >= 0.3 is 0 Å². The molecule has 0 aliphatic rings. The number of unbranched alkanes of at least 4 members (excludes halogenated alkanes) is 1. The third-order valence-electron chi connectivity index (χ3n) is 3.33. The number of anilines is 1. The van der Waals surface area contributed by atoms with E-state index in [1.165, 1.54) is 5.56 Å². The van der Waals surface area contributed by atoms with Gasteiger partial charge in [0.1, 0.15) is 0 Å². The summed E-state index contributed by atoms with van der Waals surface area (Å²) in [6.45, 7) is 5.27. The molecule has 24 heavy (non-hydrogen) atoms. The van der Waals surface area contributed by atoms with Gasteiger partial charge in [-0.15, -0.1) is 24.0 Å². The second kappa shape index (κ2) is 10.9. The summed E-state index contributed by atoms with van der Waals surface area (Å²) >= 11 is 0. The van der Waals surface area contributed by atoms with Crippen LogP contribution in [0.5, 0.6) is 5.88 Å². The van der Waals surface area contributed by atoms with Crippen molar-refractivity contribution in [3.8, 4) is 5.88 Å². The minimum absolute atomic E-state index is 0. The van der Waals surface area contributed by atoms with Crippen LogP contribution in [0.2, 0.25) is 0 Å². The van der Waals surface area contributed by atoms with Crippen molar-refractivity contribution >= 4 is 35.6 Å². The summed E-state index contributed by atoms with van der Waals surface area (Å²) in [6, 6.07) is 11.8. The van der Waals surface area contributed by atoms with Gasteiger partial charge in [0.05, 0.1) is 13.2 Å². The highest BCUT2D eigenvalue weighted by molar-refractivity contribution is 14.0. The van der Waals surface area contributed by atoms with Crippen LogP contribution in [-0.4, -0.2) is 17.6 Å². The second-order valence-electron chi connectivity index (χ2n) is 5.36. The molecule has 0 amide bonds. The van der Waals surface area contributed by atoms with E-state index in [4.69, 9.17) is 10.5 Å². The number of hydrogen-bond donors (Lipinski definition) is 2. The summed E-state index contributed by atoms with van der Waals surface area (Å²) in [5.74, 6) is 1.00. The van der Waals surface area contributed by atoms with Crippen molar-refractivity contribution in [3.05, 3.63) is 53.7 Å². The predicted octanol–water partition coefficient (Wildman–Crippen LogP) is 4.11. The number of halogens is 1. The highest BCUT2D eigenvalue weighted by atomic mass is 127. The van der Waals surface area contributed by atoms with Gasteiger partial charge in [0.25, 0.3) is 0 Å². The van der Waals surface area contributed by atoms with E-state index in [9.17, 15) is 0 Å². The molecule has 130 valence electrons. The maximum atomic E-state index is 5.94. The smallest absolute Gasteiger partial charge is 0.218 e. The Morgan fingerprint density at radius 2 is 2.00 bits per heavy atom. The number of pyridine rings is 1. The standard InChI is InChI=1S/C18H24N4O.HI/c1-3-4-12-23-17-15(6-5-11-20-17)13-21-18(19)22-16-9-7-14(2)8-10-16;/h5-11H,3-4,12-13H2,1-2H3,(H3,19,21,22);1H. The fourth-order valence-electron chi connectivity index (χ4n) is 1.98. The Labute approximate surface area is 160 Å². The van der Waals surface area contributed by atoms with Gasteiger partial charge in [-0.25, -0.2) is 9.98 Å². The molecule has 6 heteroatoms. The number of hydrogen-bond acceptors (Lipinski definition) is 3. The maximum absolute atomic E-state index is 5.94. The third kappa shape index (κ3) is 6.74. The number of aliphatic imine (C=N–C) groups is 1. The zero-order chi connectivity index (χ0) is 16.5. The molecule has 0 spiro atoms. The zero-order valence-electron chi connectivity index (χ0n) is 14.2. The van der Waals surface area contributed by atoms with E-state index in [-0.39, 0.29) is 24.0 Å². The number of rotatable bonds is 7. The number of nitrogens with two attached hydrogens (primary N) is 1. The van der Waals surface area contributed by atoms with Gasteiger partial charge in [0, 0.05) is 17.4 Å². The van der Waals surface area contributed by atoms with Crippen LogP contribution in [0.15, 0.2) is 47.6 Å². The minimum Gasteiger partial charge on any atom is -0.477 e. The molecule has 0 aliphatic carbocycles. The molecule has 1 heterocycles. The molecule has 0 radical (unpaired) electrons. The van der Waals surface area contributed by atoms with Gasteiger partial charge in [-0.2, -0.15) is 0 Å². The second-order valence-corrected chi connectivity index (χ2v) is 5.36. The summed E-state index contributed by atoms with van der Waals surface area (Å²) in [6.07, 6.45) is 3.83. The Balaban J connectivity index is 0.00000288. The Kier molecular flexibility index (Phi) is 9.14. The van der Waals surface area contributed by atoms with Crippen molar-refractivity contribution in [2.75, 3.05) is 11.9 Å². The number of benzene rings is 1. The summed E-state index contributed by atoms with van der Waals surface area (Å²) in [5.41, 5.74) is 8.99. The Morgan fingerprint density at radius 3 is 2.71 bits per heavy atom. The zero-order valence-corrected chi connectivity index (χ0v) is 16.5. The molecule has 5 nitrogen and oxygen atoms in total. The van der Waals surface area contributed by atoms with Gasteiger partial charge in [0.15, 0.2) is 5.96 Å². The first-order chi connectivity index (χ1) is 11.2. The van der Waals surface area contributed by atoms with Crippen LogP contribution >= 0.6 is 24.0 Å². The molecule has 0 saturated carbocycles. The highest BCUT2D eigenvalue weighted by Crippen LogP contribution is 2.16. The highest BCUT2D eigenvalue weighted by Gasteiger charge is 2.04. The molecule has 0 aliphatic heterocycles. The number of nitrogens with one attached hydrogen (secondary N) is 1. The van der Waals surface area contributed by atoms with Gasteiger partial charge in [-0.05, 0) is 31.5 Å². The molecule has 0 unspecified atom stereocenters. The normalized spacial score (nSPS) is 10.8. The molecule has 2 rings (SSSR count). The van der Waals surface area contributed by atoms with E-state index >= 15 is 0 Å². The average molecular weight is 440 g/mol. The number of ether oxygens (including phenoxy) is 1. The molecule has 1 aromatic heterocycles. The van der Waals surface area contributed by atoms with E-state index in [2.05, 4.69) is 22.2 Å². The molecular formula is C18H25IN4O. The monoisotopic (exact) mass is 440 g/mol. The van der Waals surface area contributed by atoms with Crippen molar-refractivity contribution in [1.29, 1.82) is 0 Å². The number of aromatic nitrogens is 1. The SMILES string of the molecule is CCCCOc1ncccc1CN=C(N)Nc1ccc(C)cc1.I. The van der Waals surface area contributed by atoms with Crippen LogP contribution in [0.25, 0.3) is 0 Å². The minimum atomic E-state index is 0. The van der Waals surface area contributed by atoms with E-state index in [0.717, 1.165) is 24.1 Å². The van der Waals surface area contributed by atoms with Gasteiger partial charge in [-0.3, -0.25) is 0 Å². The van der Waals surface area contributed by atoms with Crippen LogP contribution < -0.4 is 15.8 Å². The first kappa shape index (κ1) is 20.2. The average Bonchev–Trinajstić information content (AvgIpc) is 2.56. The largest absolute Gasteiger partial charge is 0.477 e. The topological polar surface area (TPSA) is 72.5 Å². The van der Waals surface area contributed by atoms with Crippen molar-refractivity contribution in [3.63, 3.8) is 0 Å². The summed E-state index contributed by atoms with van der Waals surface area (Å²) in [5, 5.41) is 3.08. The van der Waals surface area contributed by atoms with E-state index in [1.807, 2.05) is 43.3 Å². The van der Waals surface area contributed by atoms with Crippen molar-refractivity contribution in [2.45, 2.75) is 33.2 Å². The summed E-state index contributed by atoms with van der Waals surface area (Å²) < 4.78 is 5.70. The van der Waals surface area contributed by atoms with Gasteiger partial charge in [-0.1, -0.05) is 37.1 Å². The molecule has 0 saturated heterocycles. The lowest BCUT2D eigenvalue weighted by atomic mass is 10.2. The van der Waals surface area contributed by atoms with Crippen LogP contribution in [0, 0.1) is 6.92 Å². The van der Waals surface area contributed by atoms with Crippen LogP contribution in [0.3, 0.4) is 0 Å². The number of aryl methyl sites for hydroxylation is 1. The quantitative estimate of drug-likeness (QED) is 0.294. The lowest BCUT2D eigenvalue weighted by Gasteiger charge is -2.09. The van der Waals surface area contributed by atoms with E-state index in [0.29, 0.717) is 25.0 Å². The van der Waals surface area contributed by atoms with Crippen LogP contribution in [0.4, 0.5) is 5.69 Å². The van der Waals surface area contributed by atoms with Gasteiger partial charge < -0.3 is 15.8 Å². The molecule has 0 bridgehead atoms. The van der Waals surface area contributed by atoms with Gasteiger partial charge in [0.2, 0.25) is 5.88 Å². The Morgan fingerprint density at radius 1 is 1.25 bits per heavy atom. The van der Waals surface area contributed by atoms with Crippen molar-refractivity contribution in [1.82, 2.24) is 4.98 Å². The Bertz CT molecular complexity index is 644. The Hall–Kier alpha value is -1.83. The predicted molar refractivity (Wildman–Crippen MR) is 110 cm³/mol. The maximum Gasteiger partial charge on any atom is 0.218 e. The number of nitrogens with zero attached hydrogens (tertiary/aromatic N) is 2. The molecule has 0 fully saturated rings. The molecular weight excluding hydrogens is 415 g/mol. The molecule has 0 atom stereocenters. The fraction of sp³-hybridized carbons (Fsp3) is 0.333. The number of guanidine groups is 1. The van der Waals surface area contributed by atoms with Crippen molar-refractivity contribution < 1.29 is 4.74 Å². The van der Waals surface area contributed by atoms with Crippen molar-refractivity contribution in [2.24, 2.45) is 10.7 Å². The summed E-state index contributed by atoms with van der Waals surface area (Å²) in [7, 11) is 0. The van der Waals surface area contributed by atoms with E-state index in [1.54, 1.807) is 6.20 Å². The van der Waals surface area contributed by atoms with Crippen LogP contribution in [-0.2, 0) is 6.54 Å². The first-order valence-electron chi connectivity index (χ1n) is 7.89. The fourth-order valence-corrected chi connectivity index (χ4v) is 1.98. The molecule has 1 aromatic carbocycles. The summed E-state index contributed by atoms with van der Waals surface area (Å²) in [4.78, 5) is 8.63. The molecule has 2 aromatic rings.